The number of aryl methyl sites for hydroxylation is 1. The number of benzene rings is 1. The number of hydrazine groups is 1. The molecular weight excluding hydrogens is 374 g/mol. The van der Waals surface area contributed by atoms with Gasteiger partial charge < -0.3 is 5.32 Å². The Balaban J connectivity index is 1.75. The Bertz CT molecular complexity index is 1160. The minimum Gasteiger partial charge on any atom is -0.326 e. The summed E-state index contributed by atoms with van der Waals surface area (Å²) in [6, 6.07) is 18.1. The van der Waals surface area contributed by atoms with E-state index in [9.17, 15) is 0 Å². The van der Waals surface area contributed by atoms with E-state index in [0.717, 1.165) is 28.1 Å². The van der Waals surface area contributed by atoms with Crippen molar-refractivity contribution in [2.75, 3.05) is 12.4 Å². The average molecular weight is 400 g/mol. The molecule has 0 saturated carbocycles. The number of fused-ring (bicyclic) bond motifs is 1. The molecular formula is C23H25N7. The molecule has 1 unspecified atom stereocenters. The monoisotopic (exact) mass is 399 g/mol. The molecule has 0 amide bonds. The van der Waals surface area contributed by atoms with Crippen LogP contribution in [-0.2, 0) is 7.05 Å². The second-order valence-corrected chi connectivity index (χ2v) is 7.26. The highest BCUT2D eigenvalue weighted by Crippen LogP contribution is 2.29. The third-order valence-electron chi connectivity index (χ3n) is 5.02. The number of hydrogen-bond donors (Lipinski definition) is 2. The molecule has 0 spiro atoms. The van der Waals surface area contributed by atoms with Gasteiger partial charge in [0.05, 0.1) is 11.9 Å². The summed E-state index contributed by atoms with van der Waals surface area (Å²) in [6.45, 7) is 2.14. The molecule has 3 N–H and O–H groups in total. The third-order valence-corrected chi connectivity index (χ3v) is 5.02. The summed E-state index contributed by atoms with van der Waals surface area (Å²) in [5, 5.41) is 10.3. The van der Waals surface area contributed by atoms with E-state index in [1.165, 1.54) is 5.56 Å². The second kappa shape index (κ2) is 8.34. The zero-order valence-electron chi connectivity index (χ0n) is 17.3. The molecule has 0 aliphatic heterocycles. The average Bonchev–Trinajstić information content (AvgIpc) is 3.14. The molecule has 3 heterocycles. The molecule has 3 aromatic heterocycles. The lowest BCUT2D eigenvalue weighted by Gasteiger charge is -2.21. The minimum atomic E-state index is 0.176. The maximum Gasteiger partial charge on any atom is 0.160 e. The van der Waals surface area contributed by atoms with Gasteiger partial charge >= 0.3 is 0 Å². The highest BCUT2D eigenvalue weighted by molar-refractivity contribution is 5.93. The largest absolute Gasteiger partial charge is 0.326 e. The fourth-order valence-electron chi connectivity index (χ4n) is 3.38. The van der Waals surface area contributed by atoms with Crippen molar-refractivity contribution >= 4 is 16.9 Å². The van der Waals surface area contributed by atoms with Crippen LogP contribution in [0.5, 0.6) is 0 Å². The SMILES string of the molecule is CC(/C=C(/Nc1cc(-c2ccccn2)c2cnn(C)c2n1)N(C)N)c1ccccc1. The van der Waals surface area contributed by atoms with Gasteiger partial charge in [-0.25, -0.2) is 10.8 Å². The van der Waals surface area contributed by atoms with Crippen molar-refractivity contribution in [3.05, 3.63) is 84.5 Å². The Labute approximate surface area is 175 Å². The molecule has 0 bridgehead atoms. The Kier molecular flexibility index (Phi) is 5.45. The summed E-state index contributed by atoms with van der Waals surface area (Å²) in [5.41, 5.74) is 3.82. The van der Waals surface area contributed by atoms with E-state index >= 15 is 0 Å². The van der Waals surface area contributed by atoms with Crippen LogP contribution >= 0.6 is 0 Å². The summed E-state index contributed by atoms with van der Waals surface area (Å²) in [4.78, 5) is 9.27. The molecule has 0 aliphatic rings. The molecule has 30 heavy (non-hydrogen) atoms. The predicted octanol–water partition coefficient (Wildman–Crippen LogP) is 3.89. The zero-order chi connectivity index (χ0) is 21.1. The molecule has 4 aromatic rings. The molecule has 0 fully saturated rings. The van der Waals surface area contributed by atoms with Gasteiger partial charge in [-0.05, 0) is 29.8 Å². The van der Waals surface area contributed by atoms with Crippen LogP contribution in [0.1, 0.15) is 18.4 Å². The van der Waals surface area contributed by atoms with E-state index < -0.39 is 0 Å². The van der Waals surface area contributed by atoms with Crippen molar-refractivity contribution in [1.29, 1.82) is 0 Å². The summed E-state index contributed by atoms with van der Waals surface area (Å²) >= 11 is 0. The Morgan fingerprint density at radius 3 is 2.63 bits per heavy atom. The first kappa shape index (κ1) is 19.6. The second-order valence-electron chi connectivity index (χ2n) is 7.26. The molecule has 7 heteroatoms. The van der Waals surface area contributed by atoms with Crippen molar-refractivity contribution in [2.24, 2.45) is 12.9 Å². The number of nitrogens with two attached hydrogens (primary N) is 1. The molecule has 1 atom stereocenters. The van der Waals surface area contributed by atoms with Gasteiger partial charge in [-0.1, -0.05) is 43.3 Å². The zero-order valence-corrected chi connectivity index (χ0v) is 17.3. The van der Waals surface area contributed by atoms with Gasteiger partial charge in [-0.15, -0.1) is 0 Å². The van der Waals surface area contributed by atoms with Gasteiger partial charge in [-0.3, -0.25) is 14.7 Å². The van der Waals surface area contributed by atoms with Crippen LogP contribution in [0.15, 0.2) is 78.9 Å². The molecule has 1 aromatic carbocycles. The van der Waals surface area contributed by atoms with E-state index in [1.807, 2.05) is 55.7 Å². The number of hydrogen-bond acceptors (Lipinski definition) is 6. The summed E-state index contributed by atoms with van der Waals surface area (Å²) in [6.07, 6.45) is 5.69. The number of pyridine rings is 2. The van der Waals surface area contributed by atoms with E-state index in [0.29, 0.717) is 5.82 Å². The fourth-order valence-corrected chi connectivity index (χ4v) is 3.38. The van der Waals surface area contributed by atoms with Gasteiger partial charge in [0.1, 0.15) is 11.6 Å². The molecule has 4 rings (SSSR count). The third kappa shape index (κ3) is 4.01. The highest BCUT2D eigenvalue weighted by Gasteiger charge is 2.14. The lowest BCUT2D eigenvalue weighted by atomic mass is 10.0. The van der Waals surface area contributed by atoms with Crippen molar-refractivity contribution in [2.45, 2.75) is 12.8 Å². The summed E-state index contributed by atoms with van der Waals surface area (Å²) in [7, 11) is 3.68. The Morgan fingerprint density at radius 2 is 1.93 bits per heavy atom. The predicted molar refractivity (Wildman–Crippen MR) is 120 cm³/mol. The van der Waals surface area contributed by atoms with E-state index in [1.54, 1.807) is 22.9 Å². The van der Waals surface area contributed by atoms with Crippen LogP contribution in [0, 0.1) is 0 Å². The summed E-state index contributed by atoms with van der Waals surface area (Å²) < 4.78 is 1.76. The van der Waals surface area contributed by atoms with Crippen LogP contribution in [0.3, 0.4) is 0 Å². The highest BCUT2D eigenvalue weighted by atomic mass is 15.4. The number of allylic oxidation sites excluding steroid dienone is 1. The first-order chi connectivity index (χ1) is 14.5. The van der Waals surface area contributed by atoms with Crippen molar-refractivity contribution in [3.8, 4) is 11.3 Å². The molecule has 0 radical (unpaired) electrons. The quantitative estimate of drug-likeness (QED) is 0.378. The first-order valence-corrected chi connectivity index (χ1v) is 9.79. The van der Waals surface area contributed by atoms with Crippen molar-refractivity contribution in [1.82, 2.24) is 24.8 Å². The van der Waals surface area contributed by atoms with Crippen LogP contribution in [-0.4, -0.2) is 31.8 Å². The normalized spacial score (nSPS) is 12.7. The van der Waals surface area contributed by atoms with Crippen molar-refractivity contribution in [3.63, 3.8) is 0 Å². The van der Waals surface area contributed by atoms with Crippen molar-refractivity contribution < 1.29 is 0 Å². The van der Waals surface area contributed by atoms with E-state index in [2.05, 4.69) is 40.5 Å². The minimum absolute atomic E-state index is 0.176. The summed E-state index contributed by atoms with van der Waals surface area (Å²) in [5.74, 6) is 7.74. The van der Waals surface area contributed by atoms with Crippen LogP contribution < -0.4 is 11.2 Å². The number of anilines is 1. The molecule has 0 saturated heterocycles. The van der Waals surface area contributed by atoms with Gasteiger partial charge in [0, 0.05) is 37.2 Å². The Hall–Kier alpha value is -3.71. The fraction of sp³-hybridized carbons (Fsp3) is 0.174. The molecule has 7 nitrogen and oxygen atoms in total. The van der Waals surface area contributed by atoms with Gasteiger partial charge in [0.25, 0.3) is 0 Å². The van der Waals surface area contributed by atoms with Crippen LogP contribution in [0.4, 0.5) is 5.82 Å². The first-order valence-electron chi connectivity index (χ1n) is 9.79. The number of rotatable bonds is 6. The topological polar surface area (TPSA) is 84.9 Å². The van der Waals surface area contributed by atoms with Gasteiger partial charge in [-0.2, -0.15) is 5.10 Å². The maximum absolute atomic E-state index is 6.13. The lowest BCUT2D eigenvalue weighted by molar-refractivity contribution is 0.442. The number of nitrogens with zero attached hydrogens (tertiary/aromatic N) is 5. The van der Waals surface area contributed by atoms with Gasteiger partial charge in [0.2, 0.25) is 0 Å². The molecule has 0 aliphatic carbocycles. The maximum atomic E-state index is 6.13. The van der Waals surface area contributed by atoms with Crippen LogP contribution in [0.25, 0.3) is 22.3 Å². The number of nitrogens with one attached hydrogen (secondary N) is 1. The Morgan fingerprint density at radius 1 is 1.17 bits per heavy atom. The standard InChI is InChI=1S/C23H25N7/c1-16(17-9-5-4-6-10-17)13-22(29(2)24)27-21-14-18(20-11-7-8-12-25-20)19-15-26-30(3)23(19)28-21/h4-16H,24H2,1-3H3,(H,27,28)/b22-13-. The van der Waals surface area contributed by atoms with E-state index in [4.69, 9.17) is 10.8 Å². The lowest BCUT2D eigenvalue weighted by Crippen LogP contribution is -2.30. The smallest absolute Gasteiger partial charge is 0.160 e. The van der Waals surface area contributed by atoms with Crippen LogP contribution in [0.2, 0.25) is 0 Å². The van der Waals surface area contributed by atoms with E-state index in [-0.39, 0.29) is 5.92 Å². The number of aromatic nitrogens is 4. The molecule has 152 valence electrons. The van der Waals surface area contributed by atoms with Gasteiger partial charge in [0.15, 0.2) is 5.65 Å².